The van der Waals surface area contributed by atoms with Crippen molar-refractivity contribution in [3.05, 3.63) is 65.2 Å². The van der Waals surface area contributed by atoms with Gasteiger partial charge in [-0.05, 0) is 18.2 Å². The maximum absolute atomic E-state index is 14.0. The van der Waals surface area contributed by atoms with Crippen LogP contribution in [0.4, 0.5) is 8.78 Å². The van der Waals surface area contributed by atoms with E-state index in [1.54, 1.807) is 24.3 Å². The van der Waals surface area contributed by atoms with E-state index in [0.29, 0.717) is 5.75 Å². The second-order valence-corrected chi connectivity index (χ2v) is 3.98. The van der Waals surface area contributed by atoms with Gasteiger partial charge in [0.1, 0.15) is 17.4 Å². The van der Waals surface area contributed by atoms with Gasteiger partial charge in [0.2, 0.25) is 0 Å². The molecule has 0 aliphatic heterocycles. The number of halogens is 2. The van der Waals surface area contributed by atoms with Crippen molar-refractivity contribution in [1.82, 2.24) is 5.43 Å². The minimum atomic E-state index is -0.822. The number of nitrogens with one attached hydrogen (secondary N) is 1. The van der Waals surface area contributed by atoms with Gasteiger partial charge in [-0.3, -0.25) is 5.84 Å². The van der Waals surface area contributed by atoms with Crippen molar-refractivity contribution in [3.8, 4) is 5.75 Å². The molecule has 2 aromatic carbocycles. The van der Waals surface area contributed by atoms with E-state index in [9.17, 15) is 8.78 Å². The lowest BCUT2D eigenvalue weighted by molar-refractivity contribution is 0.396. The second-order valence-electron chi connectivity index (χ2n) is 3.98. The van der Waals surface area contributed by atoms with Gasteiger partial charge in [-0.2, -0.15) is 0 Å². The molecule has 0 saturated carbocycles. The highest BCUT2D eigenvalue weighted by atomic mass is 19.1. The van der Waals surface area contributed by atoms with Crippen LogP contribution in [0.1, 0.15) is 17.2 Å². The summed E-state index contributed by atoms with van der Waals surface area (Å²) < 4.78 is 32.9. The highest BCUT2D eigenvalue weighted by Gasteiger charge is 2.23. The summed E-state index contributed by atoms with van der Waals surface area (Å²) in [5.41, 5.74) is 2.87. The SMILES string of the molecule is COc1cccc(F)c1C(NN)c1ccccc1F. The molecular formula is C14H14F2N2O. The van der Waals surface area contributed by atoms with Crippen molar-refractivity contribution in [2.24, 2.45) is 5.84 Å². The third-order valence-corrected chi connectivity index (χ3v) is 2.90. The zero-order valence-electron chi connectivity index (χ0n) is 10.4. The van der Waals surface area contributed by atoms with Crippen LogP contribution < -0.4 is 16.0 Å². The number of rotatable bonds is 4. The monoisotopic (exact) mass is 264 g/mol. The van der Waals surface area contributed by atoms with E-state index < -0.39 is 17.7 Å². The molecule has 1 unspecified atom stereocenters. The van der Waals surface area contributed by atoms with E-state index in [-0.39, 0.29) is 11.1 Å². The molecule has 2 aromatic rings. The van der Waals surface area contributed by atoms with Crippen LogP contribution in [-0.4, -0.2) is 7.11 Å². The lowest BCUT2D eigenvalue weighted by atomic mass is 9.97. The molecule has 0 aromatic heterocycles. The summed E-state index contributed by atoms with van der Waals surface area (Å²) in [5.74, 6) is 4.80. The van der Waals surface area contributed by atoms with E-state index >= 15 is 0 Å². The highest BCUT2D eigenvalue weighted by molar-refractivity contribution is 5.42. The van der Waals surface area contributed by atoms with Gasteiger partial charge in [0.25, 0.3) is 0 Å². The Bertz CT molecular complexity index is 575. The predicted molar refractivity (Wildman–Crippen MR) is 68.5 cm³/mol. The fraction of sp³-hybridized carbons (Fsp3) is 0.143. The normalized spacial score (nSPS) is 12.2. The van der Waals surface area contributed by atoms with E-state index in [4.69, 9.17) is 10.6 Å². The average molecular weight is 264 g/mol. The minimum Gasteiger partial charge on any atom is -0.496 e. The van der Waals surface area contributed by atoms with Crippen LogP contribution in [0.25, 0.3) is 0 Å². The van der Waals surface area contributed by atoms with Crippen molar-refractivity contribution in [2.75, 3.05) is 7.11 Å². The highest BCUT2D eigenvalue weighted by Crippen LogP contribution is 2.32. The Morgan fingerprint density at radius 2 is 1.74 bits per heavy atom. The molecule has 0 fully saturated rings. The Labute approximate surface area is 110 Å². The van der Waals surface area contributed by atoms with Crippen LogP contribution in [-0.2, 0) is 0 Å². The Morgan fingerprint density at radius 3 is 2.37 bits per heavy atom. The fourth-order valence-electron chi connectivity index (χ4n) is 2.01. The molecule has 5 heteroatoms. The van der Waals surface area contributed by atoms with Crippen molar-refractivity contribution in [1.29, 1.82) is 0 Å². The number of hydrogen-bond acceptors (Lipinski definition) is 3. The van der Waals surface area contributed by atoms with Gasteiger partial charge in [-0.15, -0.1) is 0 Å². The number of benzene rings is 2. The molecule has 3 N–H and O–H groups in total. The maximum atomic E-state index is 14.0. The van der Waals surface area contributed by atoms with E-state index in [0.717, 1.165) is 0 Å². The first-order valence-electron chi connectivity index (χ1n) is 5.72. The van der Waals surface area contributed by atoms with Gasteiger partial charge in [-0.1, -0.05) is 24.3 Å². The van der Waals surface area contributed by atoms with Crippen LogP contribution in [0.2, 0.25) is 0 Å². The van der Waals surface area contributed by atoms with Crippen LogP contribution in [0.15, 0.2) is 42.5 Å². The Hall–Kier alpha value is -1.98. The summed E-state index contributed by atoms with van der Waals surface area (Å²) >= 11 is 0. The van der Waals surface area contributed by atoms with Crippen LogP contribution in [0.3, 0.4) is 0 Å². The van der Waals surface area contributed by atoms with Gasteiger partial charge in [0, 0.05) is 5.56 Å². The maximum Gasteiger partial charge on any atom is 0.132 e. The Kier molecular flexibility index (Phi) is 4.09. The standard InChI is InChI=1S/C14H14F2N2O/c1-19-12-8-4-7-11(16)13(12)14(18-17)9-5-2-3-6-10(9)15/h2-8,14,18H,17H2,1H3. The van der Waals surface area contributed by atoms with Gasteiger partial charge >= 0.3 is 0 Å². The third-order valence-electron chi connectivity index (χ3n) is 2.90. The molecule has 100 valence electrons. The molecule has 19 heavy (non-hydrogen) atoms. The number of nitrogens with two attached hydrogens (primary N) is 1. The smallest absolute Gasteiger partial charge is 0.132 e. The summed E-state index contributed by atoms with van der Waals surface area (Å²) in [4.78, 5) is 0. The molecule has 0 aliphatic rings. The molecule has 2 rings (SSSR count). The lowest BCUT2D eigenvalue weighted by Gasteiger charge is -2.20. The van der Waals surface area contributed by atoms with Crippen LogP contribution in [0.5, 0.6) is 5.75 Å². The number of methoxy groups -OCH3 is 1. The number of hydrogen-bond donors (Lipinski definition) is 2. The van der Waals surface area contributed by atoms with Crippen molar-refractivity contribution < 1.29 is 13.5 Å². The number of hydrazine groups is 1. The quantitative estimate of drug-likeness (QED) is 0.659. The Balaban J connectivity index is 2.58. The molecule has 1 atom stereocenters. The van der Waals surface area contributed by atoms with Crippen LogP contribution in [0, 0.1) is 11.6 Å². The predicted octanol–water partition coefficient (Wildman–Crippen LogP) is 2.53. The summed E-state index contributed by atoms with van der Waals surface area (Å²) in [6.07, 6.45) is 0. The first-order valence-corrected chi connectivity index (χ1v) is 5.72. The molecule has 0 radical (unpaired) electrons. The van der Waals surface area contributed by atoms with Gasteiger partial charge in [0.05, 0.1) is 18.7 Å². The first-order chi connectivity index (χ1) is 9.19. The summed E-state index contributed by atoms with van der Waals surface area (Å²) in [6.45, 7) is 0. The minimum absolute atomic E-state index is 0.178. The Morgan fingerprint density at radius 1 is 1.05 bits per heavy atom. The van der Waals surface area contributed by atoms with Crippen molar-refractivity contribution in [3.63, 3.8) is 0 Å². The summed E-state index contributed by atoms with van der Waals surface area (Å²) in [7, 11) is 1.42. The van der Waals surface area contributed by atoms with E-state index in [1.165, 1.54) is 25.3 Å². The molecule has 0 heterocycles. The first kappa shape index (κ1) is 13.5. The molecule has 0 saturated heterocycles. The van der Waals surface area contributed by atoms with Crippen LogP contribution >= 0.6 is 0 Å². The molecule has 0 bridgehead atoms. The largest absolute Gasteiger partial charge is 0.496 e. The van der Waals surface area contributed by atoms with Gasteiger partial charge in [-0.25, -0.2) is 14.2 Å². The fourth-order valence-corrected chi connectivity index (χ4v) is 2.01. The topological polar surface area (TPSA) is 47.3 Å². The van der Waals surface area contributed by atoms with Gasteiger partial charge < -0.3 is 4.74 Å². The third kappa shape index (κ3) is 2.57. The molecule has 0 spiro atoms. The zero-order valence-corrected chi connectivity index (χ0v) is 10.4. The summed E-state index contributed by atoms with van der Waals surface area (Å²) in [6, 6.07) is 9.65. The van der Waals surface area contributed by atoms with Crippen molar-refractivity contribution >= 4 is 0 Å². The molecular weight excluding hydrogens is 250 g/mol. The summed E-state index contributed by atoms with van der Waals surface area (Å²) in [5, 5.41) is 0. The van der Waals surface area contributed by atoms with E-state index in [1.807, 2.05) is 0 Å². The van der Waals surface area contributed by atoms with E-state index in [2.05, 4.69) is 5.43 Å². The lowest BCUT2D eigenvalue weighted by Crippen LogP contribution is -2.30. The van der Waals surface area contributed by atoms with Crippen molar-refractivity contribution in [2.45, 2.75) is 6.04 Å². The molecule has 3 nitrogen and oxygen atoms in total. The second kappa shape index (κ2) is 5.77. The molecule has 0 aliphatic carbocycles. The van der Waals surface area contributed by atoms with Gasteiger partial charge in [0.15, 0.2) is 0 Å². The molecule has 0 amide bonds. The average Bonchev–Trinajstić information content (AvgIpc) is 2.43. The zero-order chi connectivity index (χ0) is 13.8. The number of ether oxygens (including phenoxy) is 1.